The molecule has 0 N–H and O–H groups in total. The lowest BCUT2D eigenvalue weighted by molar-refractivity contribution is -0.137. The highest BCUT2D eigenvalue weighted by molar-refractivity contribution is 5.87. The second kappa shape index (κ2) is 5.90. The first-order valence-electron chi connectivity index (χ1n) is 4.85. The fourth-order valence-corrected chi connectivity index (χ4v) is 1.15. The topological polar surface area (TPSA) is 35.5 Å². The standard InChI is InChI=1S/C12H13FO3/c1-3-16-12(14)5-4-9-6-10(13)8-11(7-9)15-2/h4-8H,3H2,1-2H3. The SMILES string of the molecule is CCOC(=O)C=Cc1cc(F)cc(OC)c1. The summed E-state index contributed by atoms with van der Waals surface area (Å²) in [4.78, 5) is 11.0. The van der Waals surface area contributed by atoms with Crippen molar-refractivity contribution in [3.63, 3.8) is 0 Å². The summed E-state index contributed by atoms with van der Waals surface area (Å²) >= 11 is 0. The molecule has 1 aromatic carbocycles. The van der Waals surface area contributed by atoms with E-state index in [1.54, 1.807) is 13.0 Å². The summed E-state index contributed by atoms with van der Waals surface area (Å²) in [6, 6.07) is 4.19. The summed E-state index contributed by atoms with van der Waals surface area (Å²) in [6.45, 7) is 2.03. The molecule has 0 aliphatic heterocycles. The minimum Gasteiger partial charge on any atom is -0.497 e. The van der Waals surface area contributed by atoms with Gasteiger partial charge < -0.3 is 9.47 Å². The molecule has 0 aliphatic carbocycles. The maximum Gasteiger partial charge on any atom is 0.330 e. The Labute approximate surface area is 93.5 Å². The van der Waals surface area contributed by atoms with Gasteiger partial charge in [0.2, 0.25) is 0 Å². The Hall–Kier alpha value is -1.84. The average molecular weight is 224 g/mol. The van der Waals surface area contributed by atoms with Crippen LogP contribution in [0.5, 0.6) is 5.75 Å². The summed E-state index contributed by atoms with van der Waals surface area (Å²) in [5.41, 5.74) is 0.546. The van der Waals surface area contributed by atoms with E-state index in [9.17, 15) is 9.18 Å². The van der Waals surface area contributed by atoms with Gasteiger partial charge in [0.1, 0.15) is 11.6 Å². The van der Waals surface area contributed by atoms with E-state index >= 15 is 0 Å². The number of carbonyl (C=O) groups excluding carboxylic acids is 1. The molecule has 1 rings (SSSR count). The molecule has 0 amide bonds. The van der Waals surface area contributed by atoms with E-state index in [1.165, 1.54) is 31.4 Å². The van der Waals surface area contributed by atoms with Gasteiger partial charge >= 0.3 is 5.97 Å². The highest BCUT2D eigenvalue weighted by Gasteiger charge is 1.99. The first-order chi connectivity index (χ1) is 7.65. The zero-order chi connectivity index (χ0) is 12.0. The average Bonchev–Trinajstić information content (AvgIpc) is 2.26. The Morgan fingerprint density at radius 2 is 2.19 bits per heavy atom. The van der Waals surface area contributed by atoms with Gasteiger partial charge in [-0.25, -0.2) is 9.18 Å². The van der Waals surface area contributed by atoms with Gasteiger partial charge in [-0.15, -0.1) is 0 Å². The van der Waals surface area contributed by atoms with Gasteiger partial charge in [-0.3, -0.25) is 0 Å². The predicted octanol–water partition coefficient (Wildman–Crippen LogP) is 2.41. The van der Waals surface area contributed by atoms with Crippen molar-refractivity contribution in [1.82, 2.24) is 0 Å². The second-order valence-corrected chi connectivity index (χ2v) is 3.01. The summed E-state index contributed by atoms with van der Waals surface area (Å²) in [7, 11) is 1.45. The fourth-order valence-electron chi connectivity index (χ4n) is 1.15. The van der Waals surface area contributed by atoms with E-state index in [1.807, 2.05) is 0 Å². The summed E-state index contributed by atoms with van der Waals surface area (Å²) < 4.78 is 22.7. The molecule has 0 radical (unpaired) electrons. The number of hydrogen-bond donors (Lipinski definition) is 0. The van der Waals surface area contributed by atoms with Gasteiger partial charge in [0.15, 0.2) is 0 Å². The Morgan fingerprint density at radius 1 is 1.44 bits per heavy atom. The molecule has 0 spiro atoms. The molecule has 0 heterocycles. The van der Waals surface area contributed by atoms with Gasteiger partial charge in [-0.1, -0.05) is 0 Å². The van der Waals surface area contributed by atoms with E-state index in [4.69, 9.17) is 9.47 Å². The van der Waals surface area contributed by atoms with Crippen LogP contribution in [0.1, 0.15) is 12.5 Å². The molecular weight excluding hydrogens is 211 g/mol. The number of carbonyl (C=O) groups is 1. The van der Waals surface area contributed by atoms with Crippen molar-refractivity contribution in [1.29, 1.82) is 0 Å². The number of benzene rings is 1. The summed E-state index contributed by atoms with van der Waals surface area (Å²) in [5, 5.41) is 0. The maximum absolute atomic E-state index is 13.1. The molecular formula is C12H13FO3. The number of hydrogen-bond acceptors (Lipinski definition) is 3. The van der Waals surface area contributed by atoms with Crippen LogP contribution >= 0.6 is 0 Å². The van der Waals surface area contributed by atoms with Crippen molar-refractivity contribution < 1.29 is 18.7 Å². The van der Waals surface area contributed by atoms with Crippen LogP contribution < -0.4 is 4.74 Å². The van der Waals surface area contributed by atoms with Gasteiger partial charge in [0.25, 0.3) is 0 Å². The first-order valence-corrected chi connectivity index (χ1v) is 4.85. The van der Waals surface area contributed by atoms with E-state index in [0.29, 0.717) is 17.9 Å². The third kappa shape index (κ3) is 3.73. The largest absolute Gasteiger partial charge is 0.497 e. The molecule has 0 fully saturated rings. The highest BCUT2D eigenvalue weighted by atomic mass is 19.1. The van der Waals surface area contributed by atoms with Crippen LogP contribution in [0.15, 0.2) is 24.3 Å². The molecule has 0 atom stereocenters. The van der Waals surface area contributed by atoms with Crippen molar-refractivity contribution in [2.75, 3.05) is 13.7 Å². The number of esters is 1. The number of methoxy groups -OCH3 is 1. The zero-order valence-corrected chi connectivity index (χ0v) is 9.20. The van der Waals surface area contributed by atoms with Crippen molar-refractivity contribution in [2.24, 2.45) is 0 Å². The van der Waals surface area contributed by atoms with Gasteiger partial charge in [-0.2, -0.15) is 0 Å². The molecule has 4 heteroatoms. The van der Waals surface area contributed by atoms with Gasteiger partial charge in [0.05, 0.1) is 13.7 Å². The number of rotatable bonds is 4. The molecule has 0 aliphatic rings. The first kappa shape index (κ1) is 12.2. The fraction of sp³-hybridized carbons (Fsp3) is 0.250. The van der Waals surface area contributed by atoms with E-state index < -0.39 is 11.8 Å². The second-order valence-electron chi connectivity index (χ2n) is 3.01. The lowest BCUT2D eigenvalue weighted by atomic mass is 10.2. The Balaban J connectivity index is 2.80. The minimum atomic E-state index is -0.453. The maximum atomic E-state index is 13.1. The van der Waals surface area contributed by atoms with Crippen LogP contribution in [-0.4, -0.2) is 19.7 Å². The molecule has 0 saturated heterocycles. The molecule has 0 bridgehead atoms. The molecule has 3 nitrogen and oxygen atoms in total. The van der Waals surface area contributed by atoms with Crippen molar-refractivity contribution in [3.8, 4) is 5.75 Å². The molecule has 0 saturated carbocycles. The van der Waals surface area contributed by atoms with E-state index in [0.717, 1.165) is 0 Å². The molecule has 1 aromatic rings. The van der Waals surface area contributed by atoms with Crippen LogP contribution in [0.4, 0.5) is 4.39 Å². The molecule has 16 heavy (non-hydrogen) atoms. The summed E-state index contributed by atoms with van der Waals surface area (Å²) in [6.07, 6.45) is 2.72. The van der Waals surface area contributed by atoms with E-state index in [-0.39, 0.29) is 0 Å². The van der Waals surface area contributed by atoms with Crippen LogP contribution in [0.3, 0.4) is 0 Å². The molecule has 0 aromatic heterocycles. The summed E-state index contributed by atoms with van der Waals surface area (Å²) in [5.74, 6) is -0.461. The van der Waals surface area contributed by atoms with E-state index in [2.05, 4.69) is 0 Å². The Bertz CT molecular complexity index is 399. The Morgan fingerprint density at radius 3 is 2.81 bits per heavy atom. The normalized spacial score (nSPS) is 10.4. The number of ether oxygens (including phenoxy) is 2. The third-order valence-electron chi connectivity index (χ3n) is 1.83. The lowest BCUT2D eigenvalue weighted by Crippen LogP contribution is -1.98. The monoisotopic (exact) mass is 224 g/mol. The van der Waals surface area contributed by atoms with Crippen LogP contribution in [0.25, 0.3) is 6.08 Å². The predicted molar refractivity (Wildman–Crippen MR) is 58.6 cm³/mol. The number of halogens is 1. The van der Waals surface area contributed by atoms with Crippen LogP contribution in [0, 0.1) is 5.82 Å². The van der Waals surface area contributed by atoms with Crippen LogP contribution in [-0.2, 0) is 9.53 Å². The third-order valence-corrected chi connectivity index (χ3v) is 1.83. The zero-order valence-electron chi connectivity index (χ0n) is 9.20. The quantitative estimate of drug-likeness (QED) is 0.582. The molecule has 0 unspecified atom stereocenters. The minimum absolute atomic E-state index is 0.315. The smallest absolute Gasteiger partial charge is 0.330 e. The Kier molecular flexibility index (Phi) is 4.51. The molecule has 86 valence electrons. The lowest BCUT2D eigenvalue weighted by Gasteiger charge is -2.01. The van der Waals surface area contributed by atoms with Crippen molar-refractivity contribution in [3.05, 3.63) is 35.7 Å². The van der Waals surface area contributed by atoms with Crippen LogP contribution in [0.2, 0.25) is 0 Å². The highest BCUT2D eigenvalue weighted by Crippen LogP contribution is 2.16. The van der Waals surface area contributed by atoms with Gasteiger partial charge in [-0.05, 0) is 30.7 Å². The van der Waals surface area contributed by atoms with Crippen molar-refractivity contribution in [2.45, 2.75) is 6.92 Å². The van der Waals surface area contributed by atoms with Gasteiger partial charge in [0, 0.05) is 12.1 Å². The van der Waals surface area contributed by atoms with Crippen molar-refractivity contribution >= 4 is 12.0 Å².